The highest BCUT2D eigenvalue weighted by molar-refractivity contribution is 5.80. The molecular formula is C46H83NO5. The van der Waals surface area contributed by atoms with Gasteiger partial charge in [0.05, 0.1) is 0 Å². The predicted molar refractivity (Wildman–Crippen MR) is 222 cm³/mol. The number of allylic oxidation sites excluding steroid dienone is 5. The van der Waals surface area contributed by atoms with Crippen LogP contribution in [0.5, 0.6) is 0 Å². The molecule has 0 bridgehead atoms. The van der Waals surface area contributed by atoms with E-state index >= 15 is 0 Å². The summed E-state index contributed by atoms with van der Waals surface area (Å²) in [4.78, 5) is 35.0. The van der Waals surface area contributed by atoms with Crippen LogP contribution in [-0.2, 0) is 19.1 Å². The second kappa shape index (κ2) is 41.4. The second-order valence-electron chi connectivity index (χ2n) is 15.0. The van der Waals surface area contributed by atoms with Gasteiger partial charge in [-0.3, -0.25) is 14.4 Å². The first kappa shape index (κ1) is 49.6. The minimum atomic E-state index is -1.02. The highest BCUT2D eigenvalue weighted by Crippen LogP contribution is 2.17. The zero-order valence-electron chi connectivity index (χ0n) is 34.2. The van der Waals surface area contributed by atoms with E-state index in [0.29, 0.717) is 12.8 Å². The van der Waals surface area contributed by atoms with E-state index in [1.807, 2.05) is 0 Å². The quantitative estimate of drug-likeness (QED) is 0.0372. The number of carboxylic acid groups (broad SMARTS) is 1. The predicted octanol–water partition coefficient (Wildman–Crippen LogP) is 13.7. The summed E-state index contributed by atoms with van der Waals surface area (Å²) in [5.41, 5.74) is 0. The topological polar surface area (TPSA) is 92.7 Å². The van der Waals surface area contributed by atoms with Gasteiger partial charge in [0.2, 0.25) is 5.91 Å². The molecule has 0 aromatic carbocycles. The Bertz CT molecular complexity index is 895. The number of hydrogen-bond acceptors (Lipinski definition) is 4. The smallest absolute Gasteiger partial charge is 0.322 e. The van der Waals surface area contributed by atoms with E-state index in [1.54, 1.807) is 0 Å². The fourth-order valence-electron chi connectivity index (χ4n) is 6.50. The van der Waals surface area contributed by atoms with Crippen molar-refractivity contribution in [3.63, 3.8) is 0 Å². The summed E-state index contributed by atoms with van der Waals surface area (Å²) in [5.74, 6) is -1.32. The van der Waals surface area contributed by atoms with Crippen molar-refractivity contribution in [1.29, 1.82) is 0 Å². The number of carboxylic acids is 1. The number of hydrogen-bond donors (Lipinski definition) is 2. The lowest BCUT2D eigenvalue weighted by molar-refractivity contribution is -0.147. The molecular weight excluding hydrogens is 647 g/mol. The van der Waals surface area contributed by atoms with Crippen LogP contribution >= 0.6 is 0 Å². The molecule has 0 rings (SSSR count). The molecule has 0 aliphatic rings. The Hall–Kier alpha value is -2.37. The molecule has 0 radical (unpaired) electrons. The molecule has 0 saturated carbocycles. The molecule has 2 N–H and O–H groups in total. The van der Waals surface area contributed by atoms with Gasteiger partial charge in [0.1, 0.15) is 12.6 Å². The van der Waals surface area contributed by atoms with Gasteiger partial charge in [0, 0.05) is 12.8 Å². The minimum Gasteiger partial charge on any atom is -0.480 e. The van der Waals surface area contributed by atoms with E-state index in [-0.39, 0.29) is 24.5 Å². The van der Waals surface area contributed by atoms with Gasteiger partial charge in [-0.2, -0.15) is 0 Å². The molecule has 0 aliphatic heterocycles. The number of nitrogens with one attached hydrogen (secondary N) is 1. The molecule has 0 aromatic heterocycles. The van der Waals surface area contributed by atoms with Gasteiger partial charge in [-0.25, -0.2) is 0 Å². The van der Waals surface area contributed by atoms with Crippen molar-refractivity contribution < 1.29 is 24.2 Å². The first-order chi connectivity index (χ1) is 25.5. The summed E-state index contributed by atoms with van der Waals surface area (Å²) >= 11 is 0. The zero-order valence-corrected chi connectivity index (χ0v) is 34.2. The number of ether oxygens (including phenoxy) is 1. The van der Waals surface area contributed by atoms with Crippen LogP contribution < -0.4 is 5.32 Å². The second-order valence-corrected chi connectivity index (χ2v) is 15.0. The maximum Gasteiger partial charge on any atom is 0.322 e. The Balaban J connectivity index is 4.15. The highest BCUT2D eigenvalue weighted by Gasteiger charge is 2.11. The number of unbranched alkanes of at least 4 members (excludes halogenated alkanes) is 25. The monoisotopic (exact) mass is 730 g/mol. The van der Waals surface area contributed by atoms with E-state index in [2.05, 4.69) is 55.6 Å². The van der Waals surface area contributed by atoms with Crippen molar-refractivity contribution in [3.8, 4) is 0 Å². The molecule has 0 saturated heterocycles. The van der Waals surface area contributed by atoms with Crippen LogP contribution in [0.1, 0.15) is 226 Å². The summed E-state index contributed by atoms with van der Waals surface area (Å²) in [5, 5.41) is 11.1. The normalized spacial score (nSPS) is 12.3. The molecule has 0 heterocycles. The first-order valence-electron chi connectivity index (χ1n) is 22.1. The largest absolute Gasteiger partial charge is 0.480 e. The average Bonchev–Trinajstić information content (AvgIpc) is 3.13. The number of carbonyl (C=O) groups excluding carboxylic acids is 2. The lowest BCUT2D eigenvalue weighted by Gasteiger charge is -2.14. The standard InChI is InChI=1S/C46H83NO5/c1-3-5-7-9-11-13-15-16-17-18-19-20-21-22-24-26-28-33-37-41-46(51)52-43(38-34-30-27-25-23-14-12-10-8-6-4-2)39-35-31-29-32-36-40-44(48)47-42-45(49)50/h12,14,25,27,34,38,43H,3-11,13,15-24,26,28-33,35-37,39-42H2,1-2H3,(H,47,48)(H,49,50)/b14-12-,27-25-,38-34-. The number of amides is 1. The number of aliphatic carboxylic acids is 1. The van der Waals surface area contributed by atoms with Gasteiger partial charge in [-0.05, 0) is 57.4 Å². The van der Waals surface area contributed by atoms with Gasteiger partial charge < -0.3 is 15.2 Å². The van der Waals surface area contributed by atoms with Crippen molar-refractivity contribution in [1.82, 2.24) is 5.32 Å². The van der Waals surface area contributed by atoms with Gasteiger partial charge in [0.25, 0.3) is 0 Å². The Labute approximate surface area is 321 Å². The average molecular weight is 730 g/mol. The lowest BCUT2D eigenvalue weighted by Crippen LogP contribution is -2.28. The first-order valence-corrected chi connectivity index (χ1v) is 22.1. The van der Waals surface area contributed by atoms with E-state index in [4.69, 9.17) is 9.84 Å². The van der Waals surface area contributed by atoms with Crippen LogP contribution in [0.2, 0.25) is 0 Å². The van der Waals surface area contributed by atoms with E-state index in [1.165, 1.54) is 128 Å². The molecule has 52 heavy (non-hydrogen) atoms. The van der Waals surface area contributed by atoms with Crippen LogP contribution in [0, 0.1) is 0 Å². The van der Waals surface area contributed by atoms with Gasteiger partial charge in [0.15, 0.2) is 0 Å². The van der Waals surface area contributed by atoms with Gasteiger partial charge in [-0.1, -0.05) is 192 Å². The van der Waals surface area contributed by atoms with Gasteiger partial charge >= 0.3 is 11.9 Å². The molecule has 0 aromatic rings. The Morgan fingerprint density at radius 1 is 0.519 bits per heavy atom. The van der Waals surface area contributed by atoms with Crippen molar-refractivity contribution >= 4 is 17.8 Å². The van der Waals surface area contributed by atoms with Crippen LogP contribution in [0.15, 0.2) is 36.5 Å². The third-order valence-electron chi connectivity index (χ3n) is 9.80. The number of esters is 1. The van der Waals surface area contributed by atoms with Crippen LogP contribution in [-0.4, -0.2) is 35.6 Å². The SMILES string of the molecule is CCCCC/C=C\C/C=C\C/C=C\C(CCCCCCCC(=O)NCC(=O)O)OC(=O)CCCCCCCCCCCCCCCCCCCCC. The molecule has 0 spiro atoms. The molecule has 0 aliphatic carbocycles. The fraction of sp³-hybridized carbons (Fsp3) is 0.804. The maximum absolute atomic E-state index is 12.7. The highest BCUT2D eigenvalue weighted by atomic mass is 16.5. The maximum atomic E-state index is 12.7. The minimum absolute atomic E-state index is 0.0854. The molecule has 6 nitrogen and oxygen atoms in total. The Kier molecular flexibility index (Phi) is 39.5. The van der Waals surface area contributed by atoms with Gasteiger partial charge in [-0.15, -0.1) is 0 Å². The molecule has 6 heteroatoms. The van der Waals surface area contributed by atoms with Crippen molar-refractivity contribution in [2.24, 2.45) is 0 Å². The summed E-state index contributed by atoms with van der Waals surface area (Å²) in [7, 11) is 0. The summed E-state index contributed by atoms with van der Waals surface area (Å²) in [6, 6.07) is 0. The van der Waals surface area contributed by atoms with Crippen molar-refractivity contribution in [2.75, 3.05) is 6.54 Å². The van der Waals surface area contributed by atoms with Crippen LogP contribution in [0.25, 0.3) is 0 Å². The van der Waals surface area contributed by atoms with Crippen molar-refractivity contribution in [2.45, 2.75) is 232 Å². The molecule has 1 amide bonds. The molecule has 1 atom stereocenters. The van der Waals surface area contributed by atoms with Crippen LogP contribution in [0.4, 0.5) is 0 Å². The molecule has 1 unspecified atom stereocenters. The third-order valence-corrected chi connectivity index (χ3v) is 9.80. The third kappa shape index (κ3) is 40.4. The van der Waals surface area contributed by atoms with E-state index in [0.717, 1.165) is 70.6 Å². The van der Waals surface area contributed by atoms with E-state index < -0.39 is 5.97 Å². The Morgan fingerprint density at radius 3 is 1.46 bits per heavy atom. The molecule has 302 valence electrons. The summed E-state index contributed by atoms with van der Waals surface area (Å²) in [6.45, 7) is 4.19. The lowest BCUT2D eigenvalue weighted by atomic mass is 10.0. The van der Waals surface area contributed by atoms with Crippen molar-refractivity contribution in [3.05, 3.63) is 36.5 Å². The number of rotatable bonds is 40. The zero-order chi connectivity index (χ0) is 38.0. The molecule has 0 fully saturated rings. The summed E-state index contributed by atoms with van der Waals surface area (Å²) in [6.07, 6.45) is 51.5. The fourth-order valence-corrected chi connectivity index (χ4v) is 6.50. The van der Waals surface area contributed by atoms with E-state index in [9.17, 15) is 14.4 Å². The Morgan fingerprint density at radius 2 is 0.942 bits per heavy atom. The van der Waals surface area contributed by atoms with Crippen LogP contribution in [0.3, 0.4) is 0 Å². The summed E-state index contributed by atoms with van der Waals surface area (Å²) < 4.78 is 5.92. The number of carbonyl (C=O) groups is 3.